The largest absolute Gasteiger partial charge is 0.479 e. The van der Waals surface area contributed by atoms with Gasteiger partial charge in [-0.05, 0) is 96.7 Å². The quantitative estimate of drug-likeness (QED) is 0.502. The van der Waals surface area contributed by atoms with E-state index in [0.29, 0.717) is 29.7 Å². The number of aliphatic hydroxyl groups excluding tert-OH is 1. The van der Waals surface area contributed by atoms with Gasteiger partial charge in [0.25, 0.3) is 0 Å². The summed E-state index contributed by atoms with van der Waals surface area (Å²) in [6.07, 6.45) is 6.99. The number of carboxylic acids is 1. The lowest BCUT2D eigenvalue weighted by molar-refractivity contribution is -0.256. The minimum absolute atomic E-state index is 0.0436. The Labute approximate surface area is 251 Å². The van der Waals surface area contributed by atoms with E-state index in [2.05, 4.69) is 39.5 Å². The first-order chi connectivity index (χ1) is 19.9. The van der Waals surface area contributed by atoms with E-state index < -0.39 is 18.2 Å². The average molecular weight is 588 g/mol. The molecule has 3 aliphatic heterocycles. The van der Waals surface area contributed by atoms with Gasteiger partial charge >= 0.3 is 5.97 Å². The summed E-state index contributed by atoms with van der Waals surface area (Å²) < 4.78 is 24.7. The Morgan fingerprint density at radius 2 is 1.74 bits per heavy atom. The number of rotatable bonds is 4. The lowest BCUT2D eigenvalue weighted by Crippen LogP contribution is -2.60. The van der Waals surface area contributed by atoms with Crippen molar-refractivity contribution in [2.24, 2.45) is 50.7 Å². The number of fused-ring (bicyclic) bond motifs is 4. The highest BCUT2D eigenvalue weighted by molar-refractivity contribution is 5.72. The Morgan fingerprint density at radius 1 is 1.00 bits per heavy atom. The molecule has 5 aliphatic carbocycles. The van der Waals surface area contributed by atoms with E-state index in [4.69, 9.17) is 18.9 Å². The molecule has 2 spiro atoms. The van der Waals surface area contributed by atoms with E-state index >= 15 is 0 Å². The maximum absolute atomic E-state index is 12.2. The fraction of sp³-hybridized carbons (Fsp3) is 0.971. The maximum Gasteiger partial charge on any atom is 0.332 e. The molecule has 5 saturated carbocycles. The Hall–Kier alpha value is -0.770. The Morgan fingerprint density at radius 3 is 2.45 bits per heavy atom. The van der Waals surface area contributed by atoms with E-state index in [0.717, 1.165) is 52.2 Å². The molecule has 236 valence electrons. The molecule has 13 atom stereocenters. The number of morpholine rings is 1. The molecule has 3 heterocycles. The van der Waals surface area contributed by atoms with Gasteiger partial charge in [0, 0.05) is 12.0 Å². The number of nitrogens with zero attached hydrogens (tertiary/aromatic N) is 1. The van der Waals surface area contributed by atoms with Crippen LogP contribution in [0.2, 0.25) is 0 Å². The van der Waals surface area contributed by atoms with Crippen molar-refractivity contribution in [3.8, 4) is 0 Å². The highest BCUT2D eigenvalue weighted by atomic mass is 16.7. The number of carbonyl (C=O) groups is 1. The van der Waals surface area contributed by atoms with E-state index in [1.54, 1.807) is 0 Å². The lowest BCUT2D eigenvalue weighted by atomic mass is 9.41. The first-order valence-corrected chi connectivity index (χ1v) is 17.0. The molecule has 0 aromatic heterocycles. The maximum atomic E-state index is 12.2. The SMILES string of the molecule is C[C@@H]1CC(C(=O)O)OC2[C@H]1[C@@]1(C)CCC34C[C@@]35CC[C@H](O[C@H]3CN(C6COC6)CCO3)C(C)(C)[C@@H]5CC[C@H]4[C@]1(C)[C@H]2O. The molecule has 3 unspecified atom stereocenters. The van der Waals surface area contributed by atoms with Crippen molar-refractivity contribution in [2.45, 2.75) is 123 Å². The van der Waals surface area contributed by atoms with Gasteiger partial charge in [0.1, 0.15) is 0 Å². The number of aliphatic hydroxyl groups is 1. The minimum Gasteiger partial charge on any atom is -0.479 e. The Kier molecular flexibility index (Phi) is 6.25. The lowest BCUT2D eigenvalue weighted by Gasteiger charge is -2.64. The molecule has 0 bridgehead atoms. The van der Waals surface area contributed by atoms with E-state index in [-0.39, 0.29) is 52.0 Å². The Balaban J connectivity index is 1.04. The average Bonchev–Trinajstić information content (AvgIpc) is 3.54. The second-order valence-electron chi connectivity index (χ2n) is 17.0. The monoisotopic (exact) mass is 587 g/mol. The van der Waals surface area contributed by atoms with Crippen LogP contribution in [0.3, 0.4) is 0 Å². The normalized spacial score (nSPS) is 56.7. The molecular formula is C34H53NO7. The summed E-state index contributed by atoms with van der Waals surface area (Å²) in [5.74, 6) is 0.611. The van der Waals surface area contributed by atoms with Crippen LogP contribution in [0, 0.1) is 50.7 Å². The minimum atomic E-state index is -0.889. The van der Waals surface area contributed by atoms with Gasteiger partial charge in [-0.2, -0.15) is 0 Å². The molecule has 0 radical (unpaired) electrons. The summed E-state index contributed by atoms with van der Waals surface area (Å²) in [7, 11) is 0. The van der Waals surface area contributed by atoms with Crippen LogP contribution >= 0.6 is 0 Å². The van der Waals surface area contributed by atoms with Crippen LogP contribution < -0.4 is 0 Å². The summed E-state index contributed by atoms with van der Waals surface area (Å²) in [6.45, 7) is 16.1. The fourth-order valence-electron chi connectivity index (χ4n) is 13.3. The third kappa shape index (κ3) is 3.43. The molecule has 2 N–H and O–H groups in total. The standard InChI is InChI=1S/C34H53NO7/c1-19-14-21(29(37)38)41-27-26(19)31(4)10-11-34-18-33(34)9-8-24(42-25-15-35(12-13-40-25)20-16-39-17-20)30(2,3)22(33)6-7-23(34)32(31,5)28(27)36/h19-28,36H,6-18H2,1-5H3,(H,37,38)/t19-,21?,22+,23+,24+,25+,26+,27?,28+,31-,32-,33-,34?/m1/s1. The smallest absolute Gasteiger partial charge is 0.332 e. The molecule has 0 aromatic carbocycles. The molecular weight excluding hydrogens is 534 g/mol. The van der Waals surface area contributed by atoms with Crippen molar-refractivity contribution in [3.05, 3.63) is 0 Å². The zero-order valence-electron chi connectivity index (χ0n) is 26.3. The van der Waals surface area contributed by atoms with Crippen molar-refractivity contribution in [1.29, 1.82) is 0 Å². The summed E-state index contributed by atoms with van der Waals surface area (Å²) in [6, 6.07) is 0.515. The van der Waals surface area contributed by atoms with Gasteiger partial charge in [0.2, 0.25) is 0 Å². The number of hydrogen-bond acceptors (Lipinski definition) is 7. The molecule has 8 nitrogen and oxygen atoms in total. The van der Waals surface area contributed by atoms with Crippen LogP contribution in [0.15, 0.2) is 0 Å². The highest BCUT2D eigenvalue weighted by Crippen LogP contribution is 2.89. The van der Waals surface area contributed by atoms with Crippen molar-refractivity contribution >= 4 is 5.97 Å². The number of aliphatic carboxylic acids is 1. The van der Waals surface area contributed by atoms with Gasteiger partial charge in [0.05, 0.1) is 50.7 Å². The van der Waals surface area contributed by atoms with Gasteiger partial charge in [-0.15, -0.1) is 0 Å². The Bertz CT molecular complexity index is 1130. The van der Waals surface area contributed by atoms with Crippen LogP contribution in [0.5, 0.6) is 0 Å². The highest BCUT2D eigenvalue weighted by Gasteiger charge is 2.84. The van der Waals surface area contributed by atoms with Gasteiger partial charge < -0.3 is 29.2 Å². The molecule has 8 rings (SSSR count). The second-order valence-corrected chi connectivity index (χ2v) is 17.0. The molecule has 8 aliphatic rings. The number of ether oxygens (including phenoxy) is 4. The topological polar surface area (TPSA) is 97.7 Å². The third-order valence-electron chi connectivity index (χ3n) is 15.5. The van der Waals surface area contributed by atoms with E-state index in [1.807, 2.05) is 0 Å². The summed E-state index contributed by atoms with van der Waals surface area (Å²) >= 11 is 0. The third-order valence-corrected chi connectivity index (χ3v) is 15.5. The number of hydrogen-bond donors (Lipinski definition) is 2. The predicted molar refractivity (Wildman–Crippen MR) is 155 cm³/mol. The molecule has 8 fully saturated rings. The zero-order valence-corrected chi connectivity index (χ0v) is 26.3. The van der Waals surface area contributed by atoms with Crippen LogP contribution in [-0.2, 0) is 23.7 Å². The van der Waals surface area contributed by atoms with Gasteiger partial charge in [-0.3, -0.25) is 4.90 Å². The number of carboxylic acid groups (broad SMARTS) is 1. The van der Waals surface area contributed by atoms with Gasteiger partial charge in [0.15, 0.2) is 12.4 Å². The summed E-state index contributed by atoms with van der Waals surface area (Å²) in [5.41, 5.74) is 0.361. The van der Waals surface area contributed by atoms with Crippen LogP contribution in [-0.4, -0.2) is 90.7 Å². The summed E-state index contributed by atoms with van der Waals surface area (Å²) in [5, 5.41) is 22.0. The molecule has 0 amide bonds. The van der Waals surface area contributed by atoms with Gasteiger partial charge in [-0.25, -0.2) is 4.79 Å². The second kappa shape index (κ2) is 9.16. The first-order valence-electron chi connectivity index (χ1n) is 17.0. The molecule has 42 heavy (non-hydrogen) atoms. The van der Waals surface area contributed by atoms with Crippen LogP contribution in [0.1, 0.15) is 86.0 Å². The van der Waals surface area contributed by atoms with Crippen molar-refractivity contribution in [1.82, 2.24) is 4.90 Å². The molecule has 3 saturated heterocycles. The first kappa shape index (κ1) is 28.7. The van der Waals surface area contributed by atoms with Crippen LogP contribution in [0.4, 0.5) is 0 Å². The van der Waals surface area contributed by atoms with Gasteiger partial charge in [-0.1, -0.05) is 34.6 Å². The zero-order chi connectivity index (χ0) is 29.4. The van der Waals surface area contributed by atoms with Crippen molar-refractivity contribution < 1.29 is 34.0 Å². The van der Waals surface area contributed by atoms with Crippen LogP contribution in [0.25, 0.3) is 0 Å². The van der Waals surface area contributed by atoms with E-state index in [1.165, 1.54) is 25.7 Å². The van der Waals surface area contributed by atoms with Crippen molar-refractivity contribution in [2.75, 3.05) is 32.9 Å². The van der Waals surface area contributed by atoms with Crippen molar-refractivity contribution in [3.63, 3.8) is 0 Å². The van der Waals surface area contributed by atoms with E-state index in [9.17, 15) is 15.0 Å². The summed E-state index contributed by atoms with van der Waals surface area (Å²) in [4.78, 5) is 14.4. The molecule has 8 heteroatoms. The molecule has 0 aromatic rings. The fourth-order valence-corrected chi connectivity index (χ4v) is 13.3. The predicted octanol–water partition coefficient (Wildman–Crippen LogP) is 4.33.